The summed E-state index contributed by atoms with van der Waals surface area (Å²) in [5, 5.41) is 11.4. The lowest BCUT2D eigenvalue weighted by atomic mass is 10.1. The molecular formula is C24H22N4O3. The molecule has 5 rings (SSSR count). The van der Waals surface area contributed by atoms with Crippen LogP contribution in [0.15, 0.2) is 59.7 Å². The summed E-state index contributed by atoms with van der Waals surface area (Å²) in [4.78, 5) is 36.1. The van der Waals surface area contributed by atoms with Crippen molar-refractivity contribution in [3.05, 3.63) is 70.8 Å². The number of nitrogens with zero attached hydrogens (tertiary/aromatic N) is 4. The summed E-state index contributed by atoms with van der Waals surface area (Å²) in [6.45, 7) is 1.01. The van der Waals surface area contributed by atoms with E-state index in [-0.39, 0.29) is 11.5 Å². The van der Waals surface area contributed by atoms with Crippen molar-refractivity contribution in [1.29, 1.82) is 0 Å². The van der Waals surface area contributed by atoms with E-state index in [1.54, 1.807) is 53.2 Å². The minimum Gasteiger partial charge on any atom is -0.391 e. The number of hydrogen-bond donors (Lipinski definition) is 1. The minimum absolute atomic E-state index is 0.0420. The van der Waals surface area contributed by atoms with E-state index in [1.165, 1.54) is 0 Å². The normalized spacial score (nSPS) is 16.7. The fourth-order valence-electron chi connectivity index (χ4n) is 4.11. The molecule has 1 atom stereocenters. The zero-order chi connectivity index (χ0) is 21.5. The second-order valence-corrected chi connectivity index (χ2v) is 8.04. The van der Waals surface area contributed by atoms with Crippen LogP contribution >= 0.6 is 0 Å². The number of aromatic nitrogens is 3. The zero-order valence-electron chi connectivity index (χ0n) is 17.2. The molecule has 1 amide bonds. The van der Waals surface area contributed by atoms with Gasteiger partial charge in [-0.05, 0) is 54.6 Å². The van der Waals surface area contributed by atoms with E-state index in [0.717, 1.165) is 23.8 Å². The van der Waals surface area contributed by atoms with Gasteiger partial charge in [0.15, 0.2) is 0 Å². The molecule has 31 heavy (non-hydrogen) atoms. The number of hydrogen-bond acceptors (Lipinski definition) is 5. The molecule has 3 heterocycles. The number of pyridine rings is 1. The van der Waals surface area contributed by atoms with Crippen molar-refractivity contribution in [1.82, 2.24) is 19.4 Å². The van der Waals surface area contributed by atoms with Crippen LogP contribution in [0.1, 0.15) is 23.2 Å². The van der Waals surface area contributed by atoms with Crippen LogP contribution in [-0.2, 0) is 7.05 Å². The molecule has 1 aliphatic rings. The first-order chi connectivity index (χ1) is 15.0. The molecule has 1 aliphatic heterocycles. The number of carbonyl (C=O) groups excluding carboxylic acids is 1. The highest BCUT2D eigenvalue weighted by atomic mass is 16.3. The smallest absolute Gasteiger partial charge is 0.258 e. The molecule has 0 spiro atoms. The Morgan fingerprint density at radius 3 is 2.84 bits per heavy atom. The average Bonchev–Trinajstić information content (AvgIpc) is 2.80. The van der Waals surface area contributed by atoms with Crippen molar-refractivity contribution in [3.63, 3.8) is 0 Å². The van der Waals surface area contributed by atoms with E-state index >= 15 is 0 Å². The maximum atomic E-state index is 12.9. The Kier molecular flexibility index (Phi) is 4.75. The van der Waals surface area contributed by atoms with Crippen LogP contribution in [-0.4, -0.2) is 49.6 Å². The van der Waals surface area contributed by atoms with Gasteiger partial charge < -0.3 is 14.6 Å². The largest absolute Gasteiger partial charge is 0.391 e. The number of β-amino-alcohol motifs (C(OH)–C–C–N with tert-alkyl or cyclic N) is 1. The predicted octanol–water partition coefficient (Wildman–Crippen LogP) is 2.75. The van der Waals surface area contributed by atoms with Crippen LogP contribution in [0.2, 0.25) is 0 Å². The van der Waals surface area contributed by atoms with E-state index in [0.29, 0.717) is 40.8 Å². The predicted molar refractivity (Wildman–Crippen MR) is 119 cm³/mol. The van der Waals surface area contributed by atoms with Crippen LogP contribution in [0.25, 0.3) is 33.1 Å². The third-order valence-electron chi connectivity index (χ3n) is 5.85. The number of aliphatic hydroxyl groups is 1. The Bertz CT molecular complexity index is 1380. The summed E-state index contributed by atoms with van der Waals surface area (Å²) in [6.07, 6.45) is 4.52. The average molecular weight is 414 g/mol. The molecule has 1 N–H and O–H groups in total. The minimum atomic E-state index is -0.464. The van der Waals surface area contributed by atoms with E-state index in [4.69, 9.17) is 4.98 Å². The highest BCUT2D eigenvalue weighted by molar-refractivity contribution is 5.97. The fraction of sp³-hybridized carbons (Fsp3) is 0.250. The molecule has 7 heteroatoms. The molecule has 1 saturated heterocycles. The number of piperidine rings is 1. The molecule has 0 saturated carbocycles. The summed E-state index contributed by atoms with van der Waals surface area (Å²) in [7, 11) is 1.73. The highest BCUT2D eigenvalue weighted by Gasteiger charge is 2.23. The molecule has 1 fully saturated rings. The van der Waals surface area contributed by atoms with Crippen molar-refractivity contribution in [2.75, 3.05) is 13.1 Å². The molecule has 1 unspecified atom stereocenters. The standard InChI is InChI=1S/C24H22N4O3/c1-27-10-8-15-11-16(4-6-19(15)24(27)31)22-13-25-20-7-5-17(12-21(20)26-22)23(30)28-9-2-3-18(29)14-28/h4-8,10-13,18,29H,2-3,9,14H2,1H3. The quantitative estimate of drug-likeness (QED) is 0.545. The van der Waals surface area contributed by atoms with E-state index < -0.39 is 6.10 Å². The van der Waals surface area contributed by atoms with Gasteiger partial charge in [0.2, 0.25) is 0 Å². The zero-order valence-corrected chi connectivity index (χ0v) is 17.2. The first-order valence-electron chi connectivity index (χ1n) is 10.3. The summed E-state index contributed by atoms with van der Waals surface area (Å²) < 4.78 is 1.55. The SMILES string of the molecule is Cn1ccc2cc(-c3cnc4ccc(C(=O)N5CCCC(O)C5)cc4n3)ccc2c1=O. The number of fused-ring (bicyclic) bond motifs is 2. The van der Waals surface area contributed by atoms with E-state index in [2.05, 4.69) is 4.98 Å². The number of aryl methyl sites for hydroxylation is 1. The monoisotopic (exact) mass is 414 g/mol. The molecule has 0 bridgehead atoms. The van der Waals surface area contributed by atoms with Gasteiger partial charge in [-0.1, -0.05) is 6.07 Å². The molecule has 2 aromatic carbocycles. The number of aliphatic hydroxyl groups excluding tert-OH is 1. The molecular weight excluding hydrogens is 392 g/mol. The maximum Gasteiger partial charge on any atom is 0.258 e. The van der Waals surface area contributed by atoms with Gasteiger partial charge in [0.1, 0.15) is 0 Å². The molecule has 2 aromatic heterocycles. The van der Waals surface area contributed by atoms with Crippen molar-refractivity contribution < 1.29 is 9.90 Å². The highest BCUT2D eigenvalue weighted by Crippen LogP contribution is 2.24. The fourth-order valence-corrected chi connectivity index (χ4v) is 4.11. The molecule has 4 aromatic rings. The number of benzene rings is 2. The van der Waals surface area contributed by atoms with Gasteiger partial charge in [0.05, 0.1) is 29.0 Å². The molecule has 0 radical (unpaired) electrons. The van der Waals surface area contributed by atoms with Crippen molar-refractivity contribution in [3.8, 4) is 11.3 Å². The lowest BCUT2D eigenvalue weighted by molar-refractivity contribution is 0.0474. The van der Waals surface area contributed by atoms with Gasteiger partial charge in [-0.2, -0.15) is 0 Å². The van der Waals surface area contributed by atoms with Crippen LogP contribution in [0, 0.1) is 0 Å². The van der Waals surface area contributed by atoms with Crippen molar-refractivity contribution in [2.24, 2.45) is 7.05 Å². The number of amides is 1. The molecule has 7 nitrogen and oxygen atoms in total. The van der Waals surface area contributed by atoms with Gasteiger partial charge in [0.25, 0.3) is 11.5 Å². The Hall–Kier alpha value is -3.58. The van der Waals surface area contributed by atoms with E-state index in [9.17, 15) is 14.7 Å². The summed E-state index contributed by atoms with van der Waals surface area (Å²) >= 11 is 0. The summed E-state index contributed by atoms with van der Waals surface area (Å²) in [6, 6.07) is 12.8. The summed E-state index contributed by atoms with van der Waals surface area (Å²) in [5.41, 5.74) is 3.35. The van der Waals surface area contributed by atoms with Crippen molar-refractivity contribution in [2.45, 2.75) is 18.9 Å². The van der Waals surface area contributed by atoms with Crippen molar-refractivity contribution >= 4 is 27.7 Å². The van der Waals surface area contributed by atoms with Crippen LogP contribution in [0.3, 0.4) is 0 Å². The maximum absolute atomic E-state index is 12.9. The van der Waals surface area contributed by atoms with Gasteiger partial charge in [-0.25, -0.2) is 4.98 Å². The summed E-state index contributed by atoms with van der Waals surface area (Å²) in [5.74, 6) is -0.102. The Morgan fingerprint density at radius 1 is 1.13 bits per heavy atom. The van der Waals surface area contributed by atoms with Gasteiger partial charge >= 0.3 is 0 Å². The van der Waals surface area contributed by atoms with Crippen LogP contribution in [0.4, 0.5) is 0 Å². The topological polar surface area (TPSA) is 88.3 Å². The first-order valence-corrected chi connectivity index (χ1v) is 10.3. The number of likely N-dealkylation sites (tertiary alicyclic amines) is 1. The van der Waals surface area contributed by atoms with E-state index in [1.807, 2.05) is 18.2 Å². The first kappa shape index (κ1) is 19.4. The van der Waals surface area contributed by atoms with Gasteiger partial charge in [-0.15, -0.1) is 0 Å². The second kappa shape index (κ2) is 7.59. The van der Waals surface area contributed by atoms with Gasteiger partial charge in [0, 0.05) is 42.8 Å². The van der Waals surface area contributed by atoms with Crippen LogP contribution in [0.5, 0.6) is 0 Å². The Morgan fingerprint density at radius 2 is 2.00 bits per heavy atom. The molecule has 0 aliphatic carbocycles. The lowest BCUT2D eigenvalue weighted by Crippen LogP contribution is -2.42. The number of carbonyl (C=O) groups is 1. The third-order valence-corrected chi connectivity index (χ3v) is 5.85. The third kappa shape index (κ3) is 3.57. The Balaban J connectivity index is 1.52. The lowest BCUT2D eigenvalue weighted by Gasteiger charge is -2.30. The van der Waals surface area contributed by atoms with Crippen LogP contribution < -0.4 is 5.56 Å². The second-order valence-electron chi connectivity index (χ2n) is 8.04. The molecule has 156 valence electrons. The Labute approximate surface area is 178 Å². The number of rotatable bonds is 2. The van der Waals surface area contributed by atoms with Gasteiger partial charge in [-0.3, -0.25) is 14.6 Å².